The van der Waals surface area contributed by atoms with Crippen LogP contribution in [0, 0.1) is 5.82 Å². The highest BCUT2D eigenvalue weighted by Gasteiger charge is 2.10. The van der Waals surface area contributed by atoms with E-state index in [1.165, 1.54) is 12.4 Å². The fourth-order valence-corrected chi connectivity index (χ4v) is 2.06. The first-order chi connectivity index (χ1) is 10.2. The number of benzene rings is 1. The van der Waals surface area contributed by atoms with Crippen molar-refractivity contribution in [3.05, 3.63) is 35.9 Å². The molecule has 0 amide bonds. The Morgan fingerprint density at radius 1 is 1.19 bits per heavy atom. The van der Waals surface area contributed by atoms with Gasteiger partial charge in [0.25, 0.3) is 0 Å². The minimum atomic E-state index is -0.400. The van der Waals surface area contributed by atoms with Crippen molar-refractivity contribution < 1.29 is 9.13 Å². The van der Waals surface area contributed by atoms with Crippen molar-refractivity contribution >= 4 is 17.3 Å². The van der Waals surface area contributed by atoms with Crippen LogP contribution in [0.5, 0.6) is 5.75 Å². The summed E-state index contributed by atoms with van der Waals surface area (Å²) in [5.74, 6) is 1.28. The Hall–Kier alpha value is -2.37. The Bertz CT molecular complexity index is 619. The molecule has 1 aromatic carbocycles. The summed E-state index contributed by atoms with van der Waals surface area (Å²) in [4.78, 5) is 8.40. The van der Waals surface area contributed by atoms with Crippen LogP contribution in [-0.2, 0) is 6.42 Å². The summed E-state index contributed by atoms with van der Waals surface area (Å²) < 4.78 is 19.0. The largest absolute Gasteiger partial charge is 0.491 e. The minimum absolute atomic E-state index is 0.248. The van der Waals surface area contributed by atoms with E-state index in [9.17, 15) is 4.39 Å². The Morgan fingerprint density at radius 3 is 2.57 bits per heavy atom. The molecule has 0 atom stereocenters. The number of hydrogen-bond acceptors (Lipinski definition) is 5. The summed E-state index contributed by atoms with van der Waals surface area (Å²) in [5.41, 5.74) is 1.57. The molecule has 0 spiro atoms. The smallest absolute Gasteiger partial charge is 0.167 e. The lowest BCUT2D eigenvalue weighted by molar-refractivity contribution is 0.321. The number of nitrogens with zero attached hydrogens (tertiary/aromatic N) is 2. The molecule has 0 radical (unpaired) electrons. The summed E-state index contributed by atoms with van der Waals surface area (Å²) in [6.07, 6.45) is 2.23. The first-order valence-corrected chi connectivity index (χ1v) is 6.90. The average molecular weight is 290 g/mol. The summed E-state index contributed by atoms with van der Waals surface area (Å²) in [6.45, 7) is 4.27. The molecule has 0 fully saturated rings. The minimum Gasteiger partial charge on any atom is -0.491 e. The third-order valence-corrected chi connectivity index (χ3v) is 3.03. The van der Waals surface area contributed by atoms with Gasteiger partial charge in [-0.3, -0.25) is 0 Å². The number of nitrogens with one attached hydrogen (secondary N) is 2. The molecule has 21 heavy (non-hydrogen) atoms. The number of aromatic nitrogens is 2. The van der Waals surface area contributed by atoms with Gasteiger partial charge in [0.05, 0.1) is 6.61 Å². The van der Waals surface area contributed by atoms with Crippen molar-refractivity contribution in [2.45, 2.75) is 20.3 Å². The first-order valence-electron chi connectivity index (χ1n) is 6.90. The van der Waals surface area contributed by atoms with Crippen LogP contribution in [0.3, 0.4) is 0 Å². The zero-order valence-electron chi connectivity index (χ0n) is 12.4. The van der Waals surface area contributed by atoms with E-state index in [-0.39, 0.29) is 5.75 Å². The van der Waals surface area contributed by atoms with Gasteiger partial charge in [-0.25, -0.2) is 14.4 Å². The van der Waals surface area contributed by atoms with Crippen LogP contribution in [0.1, 0.15) is 19.4 Å². The Morgan fingerprint density at radius 2 is 1.95 bits per heavy atom. The topological polar surface area (TPSA) is 59.1 Å². The fraction of sp³-hybridized carbons (Fsp3) is 0.333. The third-order valence-electron chi connectivity index (χ3n) is 3.03. The number of anilines is 3. The highest BCUT2D eigenvalue weighted by Crippen LogP contribution is 2.26. The number of rotatable bonds is 6. The van der Waals surface area contributed by atoms with E-state index in [2.05, 4.69) is 20.6 Å². The van der Waals surface area contributed by atoms with Crippen molar-refractivity contribution in [2.75, 3.05) is 24.3 Å². The summed E-state index contributed by atoms with van der Waals surface area (Å²) in [6, 6.07) is 4.76. The second-order valence-electron chi connectivity index (χ2n) is 4.36. The fourth-order valence-electron chi connectivity index (χ4n) is 2.06. The van der Waals surface area contributed by atoms with Gasteiger partial charge in [0.15, 0.2) is 11.6 Å². The molecular weight excluding hydrogens is 271 g/mol. The maximum absolute atomic E-state index is 13.9. The van der Waals surface area contributed by atoms with E-state index in [1.54, 1.807) is 12.1 Å². The van der Waals surface area contributed by atoms with Gasteiger partial charge in [-0.2, -0.15) is 0 Å². The Labute approximate surface area is 123 Å². The van der Waals surface area contributed by atoms with Gasteiger partial charge in [0.1, 0.15) is 18.0 Å². The first kappa shape index (κ1) is 15.0. The predicted molar refractivity (Wildman–Crippen MR) is 81.8 cm³/mol. The Balaban J connectivity index is 2.28. The van der Waals surface area contributed by atoms with Crippen molar-refractivity contribution in [3.63, 3.8) is 0 Å². The van der Waals surface area contributed by atoms with E-state index in [0.717, 1.165) is 17.8 Å². The van der Waals surface area contributed by atoms with Crippen molar-refractivity contribution in [1.29, 1.82) is 0 Å². The van der Waals surface area contributed by atoms with Crippen molar-refractivity contribution in [3.8, 4) is 5.75 Å². The Kier molecular flexibility index (Phi) is 4.92. The summed E-state index contributed by atoms with van der Waals surface area (Å²) in [5, 5.41) is 6.15. The molecule has 0 bridgehead atoms. The SMILES string of the molecule is CCOc1ccc(Nc2ncnc(NC)c2CC)cc1F. The number of halogens is 1. The van der Waals surface area contributed by atoms with Crippen LogP contribution in [-0.4, -0.2) is 23.6 Å². The lowest BCUT2D eigenvalue weighted by Gasteiger charge is -2.13. The predicted octanol–water partition coefficient (Wildman–Crippen LogP) is 3.36. The molecule has 0 unspecified atom stereocenters. The highest BCUT2D eigenvalue weighted by atomic mass is 19.1. The van der Waals surface area contributed by atoms with E-state index in [0.29, 0.717) is 18.1 Å². The molecule has 0 saturated carbocycles. The zero-order valence-corrected chi connectivity index (χ0v) is 12.4. The maximum atomic E-state index is 13.9. The van der Waals surface area contributed by atoms with Crippen LogP contribution in [0.4, 0.5) is 21.7 Å². The molecule has 112 valence electrons. The van der Waals surface area contributed by atoms with E-state index in [4.69, 9.17) is 4.74 Å². The van der Waals surface area contributed by atoms with Gasteiger partial charge >= 0.3 is 0 Å². The van der Waals surface area contributed by atoms with Crippen LogP contribution in [0.15, 0.2) is 24.5 Å². The van der Waals surface area contributed by atoms with E-state index >= 15 is 0 Å². The van der Waals surface area contributed by atoms with E-state index < -0.39 is 5.82 Å². The van der Waals surface area contributed by atoms with Crippen molar-refractivity contribution in [1.82, 2.24) is 9.97 Å². The molecule has 2 aromatic rings. The van der Waals surface area contributed by atoms with Gasteiger partial charge in [0, 0.05) is 24.4 Å². The molecular formula is C15H19FN4O. The molecule has 0 saturated heterocycles. The molecule has 2 N–H and O–H groups in total. The summed E-state index contributed by atoms with van der Waals surface area (Å²) >= 11 is 0. The molecule has 1 aromatic heterocycles. The standard InChI is InChI=1S/C15H19FN4O/c1-4-11-14(17-3)18-9-19-15(11)20-10-6-7-13(21-5-2)12(16)8-10/h6-9H,4-5H2,1-3H3,(H2,17,18,19,20). The molecule has 2 rings (SSSR count). The number of ether oxygens (including phenoxy) is 1. The second-order valence-corrected chi connectivity index (χ2v) is 4.36. The van der Waals surface area contributed by atoms with Crippen molar-refractivity contribution in [2.24, 2.45) is 0 Å². The molecule has 1 heterocycles. The quantitative estimate of drug-likeness (QED) is 0.854. The molecule has 0 aliphatic carbocycles. The number of hydrogen-bond donors (Lipinski definition) is 2. The maximum Gasteiger partial charge on any atom is 0.167 e. The van der Waals surface area contributed by atoms with Gasteiger partial charge in [-0.15, -0.1) is 0 Å². The lowest BCUT2D eigenvalue weighted by Crippen LogP contribution is -2.05. The second kappa shape index (κ2) is 6.88. The molecule has 5 nitrogen and oxygen atoms in total. The van der Waals surface area contributed by atoms with Gasteiger partial charge in [0.2, 0.25) is 0 Å². The zero-order chi connectivity index (χ0) is 15.2. The van der Waals surface area contributed by atoms with E-state index in [1.807, 2.05) is 20.9 Å². The van der Waals surface area contributed by atoms with Crippen LogP contribution < -0.4 is 15.4 Å². The van der Waals surface area contributed by atoms with Crippen LogP contribution >= 0.6 is 0 Å². The summed E-state index contributed by atoms with van der Waals surface area (Å²) in [7, 11) is 1.81. The van der Waals surface area contributed by atoms with Crippen LogP contribution in [0.2, 0.25) is 0 Å². The third kappa shape index (κ3) is 3.39. The highest BCUT2D eigenvalue weighted by molar-refractivity contribution is 5.65. The molecule has 6 heteroatoms. The lowest BCUT2D eigenvalue weighted by atomic mass is 10.2. The average Bonchev–Trinajstić information content (AvgIpc) is 2.50. The van der Waals surface area contributed by atoms with Gasteiger partial charge < -0.3 is 15.4 Å². The van der Waals surface area contributed by atoms with Crippen LogP contribution in [0.25, 0.3) is 0 Å². The normalized spacial score (nSPS) is 10.3. The van der Waals surface area contributed by atoms with Gasteiger partial charge in [-0.05, 0) is 25.5 Å². The monoisotopic (exact) mass is 290 g/mol. The molecule has 0 aliphatic rings. The molecule has 0 aliphatic heterocycles. The van der Waals surface area contributed by atoms with Gasteiger partial charge in [-0.1, -0.05) is 6.92 Å².